The molecular formula is C11H14N2O. The highest BCUT2D eigenvalue weighted by Gasteiger charge is 2.13. The van der Waals surface area contributed by atoms with Crippen molar-refractivity contribution in [3.63, 3.8) is 0 Å². The number of H-pyrrole nitrogens is 1. The average molecular weight is 190 g/mol. The van der Waals surface area contributed by atoms with Crippen LogP contribution in [0.15, 0.2) is 24.3 Å². The number of aromatic amines is 1. The Balaban J connectivity index is 0.000000750. The molecule has 0 fully saturated rings. The lowest BCUT2D eigenvalue weighted by Crippen LogP contribution is -2.22. The van der Waals surface area contributed by atoms with Gasteiger partial charge in [0.25, 0.3) is 0 Å². The van der Waals surface area contributed by atoms with E-state index < -0.39 is 0 Å². The van der Waals surface area contributed by atoms with Crippen molar-refractivity contribution in [2.75, 3.05) is 6.54 Å². The molecule has 0 saturated carbocycles. The molecule has 0 bridgehead atoms. The van der Waals surface area contributed by atoms with Gasteiger partial charge in [0.05, 0.1) is 0 Å². The number of nitrogens with one attached hydrogen (secondary N) is 2. The fourth-order valence-corrected chi connectivity index (χ4v) is 2.12. The van der Waals surface area contributed by atoms with E-state index in [0.717, 1.165) is 19.5 Å². The van der Waals surface area contributed by atoms with Gasteiger partial charge in [0.2, 0.25) is 0 Å². The molecule has 1 aromatic heterocycles. The molecule has 2 aromatic rings. The Bertz CT molecular complexity index is 447. The van der Waals surface area contributed by atoms with Gasteiger partial charge in [-0.1, -0.05) is 18.2 Å². The second-order valence-corrected chi connectivity index (χ2v) is 3.55. The number of hydrogen-bond acceptors (Lipinski definition) is 1. The van der Waals surface area contributed by atoms with Crippen molar-refractivity contribution in [2.45, 2.75) is 13.0 Å². The van der Waals surface area contributed by atoms with Gasteiger partial charge in [-0.25, -0.2) is 0 Å². The Morgan fingerprint density at radius 2 is 2.00 bits per heavy atom. The lowest BCUT2D eigenvalue weighted by molar-refractivity contribution is 0.637. The molecule has 1 aromatic carbocycles. The zero-order valence-electron chi connectivity index (χ0n) is 7.93. The van der Waals surface area contributed by atoms with Gasteiger partial charge in [0, 0.05) is 23.1 Å². The minimum atomic E-state index is 0. The maximum atomic E-state index is 3.45. The van der Waals surface area contributed by atoms with E-state index in [-0.39, 0.29) is 5.48 Å². The van der Waals surface area contributed by atoms with Gasteiger partial charge in [-0.05, 0) is 24.6 Å². The first-order valence-electron chi connectivity index (χ1n) is 4.74. The number of para-hydroxylation sites is 1. The van der Waals surface area contributed by atoms with E-state index in [4.69, 9.17) is 0 Å². The Morgan fingerprint density at radius 3 is 2.93 bits per heavy atom. The van der Waals surface area contributed by atoms with Gasteiger partial charge in [-0.3, -0.25) is 0 Å². The van der Waals surface area contributed by atoms with Crippen molar-refractivity contribution in [1.82, 2.24) is 10.3 Å². The van der Waals surface area contributed by atoms with E-state index >= 15 is 0 Å². The molecule has 3 nitrogen and oxygen atoms in total. The van der Waals surface area contributed by atoms with Crippen LogP contribution in [0, 0.1) is 0 Å². The zero-order chi connectivity index (χ0) is 8.67. The Hall–Kier alpha value is -1.32. The maximum absolute atomic E-state index is 3.45. The molecule has 0 radical (unpaired) electrons. The topological polar surface area (TPSA) is 59.3 Å². The van der Waals surface area contributed by atoms with Crippen LogP contribution in [0.5, 0.6) is 0 Å². The summed E-state index contributed by atoms with van der Waals surface area (Å²) >= 11 is 0. The first kappa shape index (κ1) is 9.24. The highest BCUT2D eigenvalue weighted by atomic mass is 16.0. The van der Waals surface area contributed by atoms with Crippen LogP contribution in [0.3, 0.4) is 0 Å². The third-order valence-electron chi connectivity index (χ3n) is 2.76. The Kier molecular flexibility index (Phi) is 2.27. The van der Waals surface area contributed by atoms with E-state index in [1.807, 2.05) is 0 Å². The summed E-state index contributed by atoms with van der Waals surface area (Å²) in [5.74, 6) is 0. The van der Waals surface area contributed by atoms with Gasteiger partial charge in [-0.15, -0.1) is 0 Å². The molecular weight excluding hydrogens is 176 g/mol. The van der Waals surface area contributed by atoms with E-state index in [2.05, 4.69) is 34.6 Å². The quantitative estimate of drug-likeness (QED) is 0.639. The van der Waals surface area contributed by atoms with Gasteiger partial charge in [0.15, 0.2) is 0 Å². The number of fused-ring (bicyclic) bond motifs is 3. The van der Waals surface area contributed by atoms with Crippen molar-refractivity contribution in [1.29, 1.82) is 0 Å². The maximum Gasteiger partial charge on any atom is 0.0459 e. The third kappa shape index (κ3) is 1.22. The standard InChI is InChI=1S/C11H12N2.H2O/c1-2-4-10-8(3-1)9-5-6-12-7-11(9)13-10;/h1-4,12-13H,5-7H2;1H2. The molecule has 14 heavy (non-hydrogen) atoms. The summed E-state index contributed by atoms with van der Waals surface area (Å²) in [5.41, 5.74) is 4.15. The first-order valence-corrected chi connectivity index (χ1v) is 4.74. The molecule has 1 aliphatic rings. The van der Waals surface area contributed by atoms with Crippen LogP contribution in [0.4, 0.5) is 0 Å². The second-order valence-electron chi connectivity index (χ2n) is 3.55. The lowest BCUT2D eigenvalue weighted by atomic mass is 10.1. The van der Waals surface area contributed by atoms with Crippen LogP contribution in [0.25, 0.3) is 10.9 Å². The summed E-state index contributed by atoms with van der Waals surface area (Å²) in [5, 5.41) is 4.77. The molecule has 0 unspecified atom stereocenters. The van der Waals surface area contributed by atoms with Gasteiger partial charge in [0.1, 0.15) is 0 Å². The van der Waals surface area contributed by atoms with Crippen LogP contribution in [0.1, 0.15) is 11.3 Å². The smallest absolute Gasteiger partial charge is 0.0459 e. The predicted molar refractivity (Wildman–Crippen MR) is 57.3 cm³/mol. The van der Waals surface area contributed by atoms with Gasteiger partial charge in [-0.2, -0.15) is 0 Å². The minimum Gasteiger partial charge on any atom is -0.412 e. The Morgan fingerprint density at radius 1 is 1.14 bits per heavy atom. The van der Waals surface area contributed by atoms with Crippen LogP contribution in [-0.4, -0.2) is 17.0 Å². The van der Waals surface area contributed by atoms with Gasteiger partial charge < -0.3 is 15.8 Å². The van der Waals surface area contributed by atoms with Crippen LogP contribution in [0.2, 0.25) is 0 Å². The van der Waals surface area contributed by atoms with Crippen molar-refractivity contribution < 1.29 is 5.48 Å². The normalized spacial score (nSPS) is 14.9. The summed E-state index contributed by atoms with van der Waals surface area (Å²) in [6.45, 7) is 2.10. The molecule has 74 valence electrons. The minimum absolute atomic E-state index is 0. The molecule has 1 aliphatic heterocycles. The van der Waals surface area contributed by atoms with Crippen molar-refractivity contribution in [3.05, 3.63) is 35.5 Å². The molecule has 4 N–H and O–H groups in total. The molecule has 0 amide bonds. The van der Waals surface area contributed by atoms with Gasteiger partial charge >= 0.3 is 0 Å². The van der Waals surface area contributed by atoms with Crippen LogP contribution in [-0.2, 0) is 13.0 Å². The number of hydrogen-bond donors (Lipinski definition) is 2. The highest BCUT2D eigenvalue weighted by Crippen LogP contribution is 2.24. The summed E-state index contributed by atoms with van der Waals surface area (Å²) in [6.07, 6.45) is 1.15. The van der Waals surface area contributed by atoms with E-state index in [1.165, 1.54) is 22.2 Å². The summed E-state index contributed by atoms with van der Waals surface area (Å²) in [6, 6.07) is 8.54. The SMILES string of the molecule is O.c1ccc2c3c([nH]c2c1)CNCC3. The van der Waals surface area contributed by atoms with Crippen molar-refractivity contribution in [3.8, 4) is 0 Å². The summed E-state index contributed by atoms with van der Waals surface area (Å²) < 4.78 is 0. The van der Waals surface area contributed by atoms with Crippen molar-refractivity contribution in [2.24, 2.45) is 0 Å². The predicted octanol–water partition coefficient (Wildman–Crippen LogP) is 0.989. The fourth-order valence-electron chi connectivity index (χ4n) is 2.12. The largest absolute Gasteiger partial charge is 0.412 e. The highest BCUT2D eigenvalue weighted by molar-refractivity contribution is 5.84. The number of rotatable bonds is 0. The average Bonchev–Trinajstić information content (AvgIpc) is 2.56. The molecule has 0 spiro atoms. The monoisotopic (exact) mass is 190 g/mol. The molecule has 0 aliphatic carbocycles. The molecule has 2 heterocycles. The zero-order valence-corrected chi connectivity index (χ0v) is 7.93. The molecule has 0 saturated heterocycles. The fraction of sp³-hybridized carbons (Fsp3) is 0.273. The first-order chi connectivity index (χ1) is 6.45. The summed E-state index contributed by atoms with van der Waals surface area (Å²) in [4.78, 5) is 3.45. The second kappa shape index (κ2) is 3.44. The molecule has 3 heteroatoms. The number of aromatic nitrogens is 1. The van der Waals surface area contributed by atoms with Crippen molar-refractivity contribution >= 4 is 10.9 Å². The lowest BCUT2D eigenvalue weighted by Gasteiger charge is -2.12. The van der Waals surface area contributed by atoms with Crippen LogP contribution < -0.4 is 5.32 Å². The summed E-state index contributed by atoms with van der Waals surface area (Å²) in [7, 11) is 0. The Labute approximate surface area is 82.4 Å². The van der Waals surface area contributed by atoms with Crippen LogP contribution >= 0.6 is 0 Å². The molecule has 3 rings (SSSR count). The number of benzene rings is 1. The van der Waals surface area contributed by atoms with E-state index in [1.54, 1.807) is 0 Å². The van der Waals surface area contributed by atoms with E-state index in [0.29, 0.717) is 0 Å². The molecule has 0 atom stereocenters. The third-order valence-corrected chi connectivity index (χ3v) is 2.76. The van der Waals surface area contributed by atoms with E-state index in [9.17, 15) is 0 Å².